The smallest absolute Gasteiger partial charge is 0.111 e. The highest BCUT2D eigenvalue weighted by Gasteiger charge is 2.15. The van der Waals surface area contributed by atoms with Gasteiger partial charge in [0.25, 0.3) is 0 Å². The summed E-state index contributed by atoms with van der Waals surface area (Å²) in [5.41, 5.74) is 5.07. The summed E-state index contributed by atoms with van der Waals surface area (Å²) in [5.74, 6) is 0.920. The van der Waals surface area contributed by atoms with E-state index in [9.17, 15) is 0 Å². The molecule has 0 aliphatic heterocycles. The Morgan fingerprint density at radius 1 is 0.920 bits per heavy atom. The van der Waals surface area contributed by atoms with E-state index in [1.165, 1.54) is 5.56 Å². The van der Waals surface area contributed by atoms with Gasteiger partial charge in [0.05, 0.1) is 11.4 Å². The van der Waals surface area contributed by atoms with Crippen LogP contribution in [-0.2, 0) is 6.42 Å². The molecule has 0 spiro atoms. The van der Waals surface area contributed by atoms with Crippen LogP contribution in [0.25, 0.3) is 22.5 Å². The third-order valence-electron chi connectivity index (χ3n) is 3.90. The highest BCUT2D eigenvalue weighted by Crippen LogP contribution is 2.33. The van der Waals surface area contributed by atoms with Gasteiger partial charge in [-0.05, 0) is 40.6 Å². The third-order valence-corrected chi connectivity index (χ3v) is 5.07. The Hall–Kier alpha value is -2.07. The van der Waals surface area contributed by atoms with Crippen molar-refractivity contribution in [1.82, 2.24) is 9.97 Å². The van der Waals surface area contributed by atoms with Crippen molar-refractivity contribution in [2.24, 2.45) is 0 Å². The summed E-state index contributed by atoms with van der Waals surface area (Å²) in [7, 11) is 0. The van der Waals surface area contributed by atoms with Gasteiger partial charge < -0.3 is 4.98 Å². The average Bonchev–Trinajstić information content (AvgIpc) is 3.25. The van der Waals surface area contributed by atoms with Gasteiger partial charge in [-0.25, -0.2) is 4.98 Å². The molecule has 4 aromatic rings. The van der Waals surface area contributed by atoms with Crippen molar-refractivity contribution in [3.8, 4) is 22.5 Å². The van der Waals surface area contributed by atoms with Crippen molar-refractivity contribution in [2.75, 3.05) is 0 Å². The molecule has 0 fully saturated rings. The number of halogens is 2. The molecule has 2 nitrogen and oxygen atoms in total. The van der Waals surface area contributed by atoms with Gasteiger partial charge in [-0.15, -0.1) is 0 Å². The summed E-state index contributed by atoms with van der Waals surface area (Å²) in [5, 5.41) is 5.42. The maximum Gasteiger partial charge on any atom is 0.111 e. The lowest BCUT2D eigenvalue weighted by Crippen LogP contribution is -1.88. The minimum Gasteiger partial charge on any atom is -0.341 e. The van der Waals surface area contributed by atoms with E-state index in [1.807, 2.05) is 30.3 Å². The largest absolute Gasteiger partial charge is 0.341 e. The minimum absolute atomic E-state index is 0.601. The number of benzene rings is 2. The number of rotatable bonds is 4. The van der Waals surface area contributed by atoms with E-state index in [0.29, 0.717) is 10.0 Å². The summed E-state index contributed by atoms with van der Waals surface area (Å²) < 4.78 is 0. The Bertz CT molecular complexity index is 972. The van der Waals surface area contributed by atoms with Crippen LogP contribution in [0.2, 0.25) is 10.0 Å². The fraction of sp³-hybridized carbons (Fsp3) is 0.0500. The predicted molar refractivity (Wildman–Crippen MR) is 107 cm³/mol. The van der Waals surface area contributed by atoms with Crippen LogP contribution < -0.4 is 0 Å². The molecule has 2 aromatic carbocycles. The molecule has 0 amide bonds. The van der Waals surface area contributed by atoms with Crippen molar-refractivity contribution >= 4 is 34.5 Å². The van der Waals surface area contributed by atoms with Crippen LogP contribution in [0, 0.1) is 0 Å². The van der Waals surface area contributed by atoms with E-state index in [4.69, 9.17) is 28.2 Å². The molecule has 0 aliphatic rings. The topological polar surface area (TPSA) is 28.7 Å². The molecule has 0 atom stereocenters. The molecule has 0 aliphatic carbocycles. The van der Waals surface area contributed by atoms with Gasteiger partial charge in [-0.1, -0.05) is 53.5 Å². The van der Waals surface area contributed by atoms with Gasteiger partial charge in [0.1, 0.15) is 5.82 Å². The summed E-state index contributed by atoms with van der Waals surface area (Å²) in [6.45, 7) is 0. The second kappa shape index (κ2) is 7.04. The predicted octanol–water partition coefficient (Wildman–Crippen LogP) is 6.70. The zero-order chi connectivity index (χ0) is 17.2. The fourth-order valence-electron chi connectivity index (χ4n) is 2.81. The third kappa shape index (κ3) is 3.64. The van der Waals surface area contributed by atoms with Gasteiger partial charge in [0.15, 0.2) is 0 Å². The molecule has 5 heteroatoms. The zero-order valence-corrected chi connectivity index (χ0v) is 15.5. The van der Waals surface area contributed by atoms with Crippen molar-refractivity contribution in [2.45, 2.75) is 6.42 Å². The number of hydrogen-bond donors (Lipinski definition) is 1. The van der Waals surface area contributed by atoms with E-state index in [0.717, 1.165) is 34.8 Å². The first-order chi connectivity index (χ1) is 12.2. The van der Waals surface area contributed by atoms with E-state index < -0.39 is 0 Å². The number of aromatic amines is 1. The molecular weight excluding hydrogens is 371 g/mol. The van der Waals surface area contributed by atoms with Gasteiger partial charge in [-0.3, -0.25) is 0 Å². The van der Waals surface area contributed by atoms with Crippen LogP contribution in [0.3, 0.4) is 0 Å². The second-order valence-electron chi connectivity index (χ2n) is 5.74. The normalized spacial score (nSPS) is 11.0. The Balaban J connectivity index is 1.84. The summed E-state index contributed by atoms with van der Waals surface area (Å²) in [4.78, 5) is 8.33. The lowest BCUT2D eigenvalue weighted by atomic mass is 10.1. The van der Waals surface area contributed by atoms with Crippen LogP contribution in [0.15, 0.2) is 65.4 Å². The lowest BCUT2D eigenvalue weighted by molar-refractivity contribution is 1.03. The Kier molecular flexibility index (Phi) is 4.62. The number of nitrogens with zero attached hydrogens (tertiary/aromatic N) is 1. The molecule has 0 radical (unpaired) electrons. The lowest BCUT2D eigenvalue weighted by Gasteiger charge is -2.04. The number of hydrogen-bond acceptors (Lipinski definition) is 2. The zero-order valence-electron chi connectivity index (χ0n) is 13.2. The SMILES string of the molecule is Clc1cc(Cl)cc(-c2nc(Cc3ccsc3)[nH]c2-c2ccccc2)c1. The quantitative estimate of drug-likeness (QED) is 0.416. The number of imidazole rings is 1. The first-order valence-corrected chi connectivity index (χ1v) is 9.51. The molecular formula is C20H14Cl2N2S. The summed E-state index contributed by atoms with van der Waals surface area (Å²) in [6.07, 6.45) is 0.762. The van der Waals surface area contributed by atoms with Crippen molar-refractivity contribution < 1.29 is 0 Å². The highest BCUT2D eigenvalue weighted by atomic mass is 35.5. The van der Waals surface area contributed by atoms with Crippen molar-refractivity contribution in [1.29, 1.82) is 0 Å². The average molecular weight is 385 g/mol. The van der Waals surface area contributed by atoms with Crippen molar-refractivity contribution in [3.63, 3.8) is 0 Å². The van der Waals surface area contributed by atoms with E-state index in [-0.39, 0.29) is 0 Å². The van der Waals surface area contributed by atoms with Gasteiger partial charge in [0, 0.05) is 27.6 Å². The molecule has 0 saturated carbocycles. The van der Waals surface area contributed by atoms with Gasteiger partial charge in [-0.2, -0.15) is 11.3 Å². The fourth-order valence-corrected chi connectivity index (χ4v) is 4.00. The number of thiophene rings is 1. The van der Waals surface area contributed by atoms with E-state index in [2.05, 4.69) is 33.9 Å². The van der Waals surface area contributed by atoms with Crippen LogP contribution >= 0.6 is 34.5 Å². The molecule has 0 bridgehead atoms. The Morgan fingerprint density at radius 2 is 1.68 bits per heavy atom. The molecule has 25 heavy (non-hydrogen) atoms. The molecule has 0 saturated heterocycles. The molecule has 2 heterocycles. The molecule has 0 unspecified atom stereocenters. The molecule has 4 rings (SSSR count). The Labute approximate surface area is 160 Å². The number of aromatic nitrogens is 2. The summed E-state index contributed by atoms with van der Waals surface area (Å²) in [6, 6.07) is 17.8. The van der Waals surface area contributed by atoms with Gasteiger partial charge in [0.2, 0.25) is 0 Å². The Morgan fingerprint density at radius 3 is 2.36 bits per heavy atom. The monoisotopic (exact) mass is 384 g/mol. The summed E-state index contributed by atoms with van der Waals surface area (Å²) >= 11 is 14.1. The van der Waals surface area contributed by atoms with Crippen LogP contribution in [-0.4, -0.2) is 9.97 Å². The molecule has 124 valence electrons. The van der Waals surface area contributed by atoms with Gasteiger partial charge >= 0.3 is 0 Å². The second-order valence-corrected chi connectivity index (χ2v) is 7.39. The van der Waals surface area contributed by atoms with E-state index >= 15 is 0 Å². The number of nitrogens with one attached hydrogen (secondary N) is 1. The maximum atomic E-state index is 6.20. The minimum atomic E-state index is 0.601. The molecule has 1 N–H and O–H groups in total. The van der Waals surface area contributed by atoms with Crippen LogP contribution in [0.1, 0.15) is 11.4 Å². The first kappa shape index (κ1) is 16.4. The molecule has 2 aromatic heterocycles. The van der Waals surface area contributed by atoms with Crippen molar-refractivity contribution in [3.05, 3.63) is 86.8 Å². The highest BCUT2D eigenvalue weighted by molar-refractivity contribution is 7.07. The van der Waals surface area contributed by atoms with Crippen LogP contribution in [0.4, 0.5) is 0 Å². The van der Waals surface area contributed by atoms with Crippen LogP contribution in [0.5, 0.6) is 0 Å². The maximum absolute atomic E-state index is 6.20. The van der Waals surface area contributed by atoms with E-state index in [1.54, 1.807) is 17.4 Å². The standard InChI is InChI=1S/C20H14Cl2N2S/c21-16-9-15(10-17(22)11-16)20-19(14-4-2-1-3-5-14)23-18(24-20)8-13-6-7-25-12-13/h1-7,9-12H,8H2,(H,23,24). The first-order valence-electron chi connectivity index (χ1n) is 7.81. The number of H-pyrrole nitrogens is 1.